The van der Waals surface area contributed by atoms with Crippen LogP contribution < -0.4 is 11.4 Å². The molecule has 4 heterocycles. The molecule has 5 rings (SSSR count). The highest BCUT2D eigenvalue weighted by atomic mass is 16.3. The number of nitrogens with zero attached hydrogens (tertiary/aromatic N) is 6. The monoisotopic (exact) mass is 387 g/mol. The number of anilines is 1. The van der Waals surface area contributed by atoms with Gasteiger partial charge in [-0.25, -0.2) is 19.3 Å². The Balaban J connectivity index is 1.64. The predicted molar refractivity (Wildman–Crippen MR) is 106 cm³/mol. The summed E-state index contributed by atoms with van der Waals surface area (Å²) in [5, 5.41) is 10.9. The molecule has 1 atom stereocenters. The highest BCUT2D eigenvalue weighted by molar-refractivity contribution is 5.79. The van der Waals surface area contributed by atoms with Crippen LogP contribution in [0.15, 0.2) is 47.7 Å². The van der Waals surface area contributed by atoms with Gasteiger partial charge in [-0.15, -0.1) is 0 Å². The summed E-state index contributed by atoms with van der Waals surface area (Å²) in [7, 11) is 1.69. The lowest BCUT2D eigenvalue weighted by Crippen LogP contribution is -2.21. The molecule has 0 bridgehead atoms. The largest absolute Gasteiger partial charge is 0.371 e. The van der Waals surface area contributed by atoms with Gasteiger partial charge in [0.15, 0.2) is 11.4 Å². The number of nitrogen functional groups attached to an aromatic ring is 1. The molecule has 0 amide bonds. The summed E-state index contributed by atoms with van der Waals surface area (Å²) in [5.74, 6) is 7.01. The van der Waals surface area contributed by atoms with Crippen molar-refractivity contribution in [2.75, 3.05) is 5.73 Å². The smallest absolute Gasteiger partial charge is 0.334 e. The summed E-state index contributed by atoms with van der Waals surface area (Å²) in [6, 6.07) is 7.06. The third kappa shape index (κ3) is 2.61. The molecule has 0 fully saturated rings. The number of rotatable bonds is 1. The van der Waals surface area contributed by atoms with Crippen molar-refractivity contribution in [3.8, 4) is 17.7 Å². The van der Waals surface area contributed by atoms with Gasteiger partial charge < -0.3 is 15.4 Å². The molecule has 0 unspecified atom stereocenters. The number of aliphatic hydroxyl groups is 1. The van der Waals surface area contributed by atoms with Crippen LogP contribution in [0.3, 0.4) is 0 Å². The molecule has 1 aliphatic rings. The second-order valence-electron chi connectivity index (χ2n) is 6.96. The van der Waals surface area contributed by atoms with Crippen molar-refractivity contribution >= 4 is 17.0 Å². The Morgan fingerprint density at radius 2 is 2.07 bits per heavy atom. The molecule has 144 valence electrons. The molecule has 4 aromatic rings. The summed E-state index contributed by atoms with van der Waals surface area (Å²) in [5.41, 5.74) is 6.19. The summed E-state index contributed by atoms with van der Waals surface area (Å²) < 4.78 is 4.90. The summed E-state index contributed by atoms with van der Waals surface area (Å²) in [6.45, 7) is 0.674. The standard InChI is InChI=1S/C20H17N7O2/c1-25-14-3-2-13(4-6-20(29)7-10-26-11-9-22-17(20)26)12-15(14)27(19(25)28)16-5-8-23-18(21)24-16/h2-3,5,8-9,11-12,29H,7,10H2,1H3,(H2,21,23,24)/t20-/m0/s1. The molecule has 3 N–H and O–H groups in total. The summed E-state index contributed by atoms with van der Waals surface area (Å²) >= 11 is 0. The van der Waals surface area contributed by atoms with Crippen molar-refractivity contribution in [3.05, 3.63) is 64.7 Å². The topological polar surface area (TPSA) is 117 Å². The third-order valence-electron chi connectivity index (χ3n) is 5.16. The van der Waals surface area contributed by atoms with Gasteiger partial charge in [0.25, 0.3) is 0 Å². The van der Waals surface area contributed by atoms with Crippen molar-refractivity contribution in [2.24, 2.45) is 7.05 Å². The van der Waals surface area contributed by atoms with Gasteiger partial charge in [0.1, 0.15) is 5.82 Å². The van der Waals surface area contributed by atoms with E-state index < -0.39 is 5.60 Å². The fourth-order valence-electron chi connectivity index (χ4n) is 3.67. The molecule has 3 aromatic heterocycles. The summed E-state index contributed by atoms with van der Waals surface area (Å²) in [4.78, 5) is 25.0. The number of aromatic nitrogens is 6. The molecule has 0 saturated carbocycles. The minimum atomic E-state index is -1.28. The van der Waals surface area contributed by atoms with Crippen LogP contribution in [-0.4, -0.2) is 33.8 Å². The van der Waals surface area contributed by atoms with E-state index in [4.69, 9.17) is 5.73 Å². The minimum Gasteiger partial charge on any atom is -0.371 e. The average molecular weight is 387 g/mol. The number of aryl methyl sites for hydroxylation is 2. The van der Waals surface area contributed by atoms with E-state index in [1.54, 1.807) is 25.4 Å². The second-order valence-corrected chi connectivity index (χ2v) is 6.96. The van der Waals surface area contributed by atoms with E-state index in [1.807, 2.05) is 22.9 Å². The molecule has 0 spiro atoms. The van der Waals surface area contributed by atoms with E-state index >= 15 is 0 Å². The van der Waals surface area contributed by atoms with Crippen LogP contribution >= 0.6 is 0 Å². The fourth-order valence-corrected chi connectivity index (χ4v) is 3.67. The van der Waals surface area contributed by atoms with Crippen LogP contribution in [0.25, 0.3) is 16.9 Å². The van der Waals surface area contributed by atoms with Gasteiger partial charge in [0.2, 0.25) is 5.95 Å². The van der Waals surface area contributed by atoms with E-state index in [2.05, 4.69) is 26.8 Å². The van der Waals surface area contributed by atoms with Gasteiger partial charge in [-0.1, -0.05) is 11.8 Å². The predicted octanol–water partition coefficient (Wildman–Crippen LogP) is 0.541. The molecule has 0 radical (unpaired) electrons. The van der Waals surface area contributed by atoms with Crippen LogP contribution in [-0.2, 0) is 19.2 Å². The highest BCUT2D eigenvalue weighted by Gasteiger charge is 2.37. The maximum absolute atomic E-state index is 12.8. The van der Waals surface area contributed by atoms with Gasteiger partial charge in [-0.05, 0) is 18.2 Å². The molecule has 29 heavy (non-hydrogen) atoms. The van der Waals surface area contributed by atoms with Gasteiger partial charge in [-0.2, -0.15) is 4.98 Å². The average Bonchev–Trinajstić information content (AvgIpc) is 3.37. The first-order valence-corrected chi connectivity index (χ1v) is 9.04. The molecule has 0 saturated heterocycles. The normalized spacial score (nSPS) is 17.9. The molecule has 1 aliphatic heterocycles. The van der Waals surface area contributed by atoms with Crippen LogP contribution in [0.5, 0.6) is 0 Å². The van der Waals surface area contributed by atoms with Crippen LogP contribution in [0.2, 0.25) is 0 Å². The van der Waals surface area contributed by atoms with E-state index in [-0.39, 0.29) is 11.6 Å². The van der Waals surface area contributed by atoms with Crippen molar-refractivity contribution in [1.29, 1.82) is 0 Å². The number of hydrogen-bond acceptors (Lipinski definition) is 6. The lowest BCUT2D eigenvalue weighted by Gasteiger charge is -2.12. The van der Waals surface area contributed by atoms with Crippen LogP contribution in [0, 0.1) is 11.8 Å². The maximum Gasteiger partial charge on any atom is 0.334 e. The van der Waals surface area contributed by atoms with Crippen LogP contribution in [0.1, 0.15) is 17.8 Å². The number of benzene rings is 1. The summed E-state index contributed by atoms with van der Waals surface area (Å²) in [6.07, 6.45) is 5.48. The van der Waals surface area contributed by atoms with Crippen molar-refractivity contribution in [1.82, 2.24) is 28.7 Å². The Labute approximate surface area is 165 Å². The lowest BCUT2D eigenvalue weighted by molar-refractivity contribution is 0.0980. The first kappa shape index (κ1) is 17.2. The zero-order valence-electron chi connectivity index (χ0n) is 15.6. The van der Waals surface area contributed by atoms with Crippen molar-refractivity contribution < 1.29 is 5.11 Å². The first-order valence-electron chi connectivity index (χ1n) is 9.04. The first-order chi connectivity index (χ1) is 14.0. The Hall–Kier alpha value is -3.90. The van der Waals surface area contributed by atoms with Gasteiger partial charge in [-0.3, -0.25) is 4.57 Å². The Kier molecular flexibility index (Phi) is 3.59. The third-order valence-corrected chi connectivity index (χ3v) is 5.16. The molecular formula is C20H17N7O2. The van der Waals surface area contributed by atoms with Crippen molar-refractivity contribution in [2.45, 2.75) is 18.6 Å². The minimum absolute atomic E-state index is 0.0845. The van der Waals surface area contributed by atoms with Gasteiger partial charge in [0.05, 0.1) is 11.0 Å². The Bertz CT molecular complexity index is 1390. The van der Waals surface area contributed by atoms with E-state index in [0.29, 0.717) is 35.7 Å². The van der Waals surface area contributed by atoms with E-state index in [0.717, 1.165) is 5.52 Å². The van der Waals surface area contributed by atoms with E-state index in [9.17, 15) is 9.90 Å². The van der Waals surface area contributed by atoms with Crippen LogP contribution in [0.4, 0.5) is 5.95 Å². The van der Waals surface area contributed by atoms with Gasteiger partial charge in [0, 0.05) is 50.2 Å². The zero-order chi connectivity index (χ0) is 20.2. The number of imidazole rings is 2. The zero-order valence-corrected chi connectivity index (χ0v) is 15.6. The SMILES string of the molecule is Cn1c(=O)n(-c2ccnc(N)n2)c2cc(C#C[C@]3(O)CCn4ccnc43)ccc21. The number of nitrogens with two attached hydrogens (primary N) is 1. The number of hydrogen-bond donors (Lipinski definition) is 2. The molecule has 9 heteroatoms. The van der Waals surface area contributed by atoms with Crippen molar-refractivity contribution in [3.63, 3.8) is 0 Å². The maximum atomic E-state index is 12.8. The quantitative estimate of drug-likeness (QED) is 0.461. The molecule has 0 aliphatic carbocycles. The fraction of sp³-hybridized carbons (Fsp3) is 0.200. The second kappa shape index (κ2) is 6.05. The molecule has 9 nitrogen and oxygen atoms in total. The van der Waals surface area contributed by atoms with Gasteiger partial charge >= 0.3 is 5.69 Å². The highest BCUT2D eigenvalue weighted by Crippen LogP contribution is 2.30. The molecular weight excluding hydrogens is 370 g/mol. The Morgan fingerprint density at radius 1 is 1.21 bits per heavy atom. The van der Waals surface area contributed by atoms with E-state index in [1.165, 1.54) is 15.3 Å². The number of fused-ring (bicyclic) bond motifs is 2. The molecule has 1 aromatic carbocycles. The lowest BCUT2D eigenvalue weighted by atomic mass is 10.0. The Morgan fingerprint density at radius 3 is 2.90 bits per heavy atom.